The van der Waals surface area contributed by atoms with Crippen molar-refractivity contribution in [3.8, 4) is 0 Å². The van der Waals surface area contributed by atoms with Crippen LogP contribution in [-0.2, 0) is 0 Å². The summed E-state index contributed by atoms with van der Waals surface area (Å²) in [5, 5.41) is 0. The van der Waals surface area contributed by atoms with Crippen molar-refractivity contribution in [1.82, 2.24) is 0 Å². The van der Waals surface area contributed by atoms with Crippen molar-refractivity contribution >= 4 is 23.8 Å². The summed E-state index contributed by atoms with van der Waals surface area (Å²) in [5.74, 6) is 2.59. The first-order chi connectivity index (χ1) is 15.9. The largest absolute Gasteiger partial charge is 0.0963 e. The van der Waals surface area contributed by atoms with Gasteiger partial charge in [0.25, 0.3) is 0 Å². The quantitative estimate of drug-likeness (QED) is 0.248. The van der Waals surface area contributed by atoms with E-state index in [4.69, 9.17) is 0 Å². The van der Waals surface area contributed by atoms with Gasteiger partial charge in [-0.05, 0) is 39.5 Å². The van der Waals surface area contributed by atoms with Gasteiger partial charge in [-0.1, -0.05) is 151 Å². The van der Waals surface area contributed by atoms with Crippen molar-refractivity contribution in [3.05, 3.63) is 119 Å². The monoisotopic (exact) mass is 452 g/mol. The van der Waals surface area contributed by atoms with Crippen LogP contribution in [0.1, 0.15) is 58.2 Å². The van der Waals surface area contributed by atoms with Crippen LogP contribution in [0.4, 0.5) is 0 Å². The number of allylic oxidation sites excluding steroid dienone is 1. The van der Waals surface area contributed by atoms with Gasteiger partial charge in [-0.25, -0.2) is 0 Å². The topological polar surface area (TPSA) is 0 Å². The van der Waals surface area contributed by atoms with Crippen LogP contribution in [-0.4, -0.2) is 22.8 Å². The molecular formula is C32H37P. The van der Waals surface area contributed by atoms with Crippen LogP contribution in [0.5, 0.6) is 0 Å². The summed E-state index contributed by atoms with van der Waals surface area (Å²) in [5.41, 5.74) is 14.8. The van der Waals surface area contributed by atoms with Crippen LogP contribution in [0.15, 0.2) is 102 Å². The summed E-state index contributed by atoms with van der Waals surface area (Å²) in [6.07, 6.45) is 0. The van der Waals surface area contributed by atoms with E-state index in [1.165, 1.54) is 5.56 Å². The molecule has 33 heavy (non-hydrogen) atoms. The third kappa shape index (κ3) is 5.79. The normalized spacial score (nSPS) is 11.3. The van der Waals surface area contributed by atoms with E-state index in [1.54, 1.807) is 0 Å². The summed E-state index contributed by atoms with van der Waals surface area (Å²) in [7, 11) is 0. The van der Waals surface area contributed by atoms with Gasteiger partial charge < -0.3 is 0 Å². The first-order valence-electron chi connectivity index (χ1n) is 12.0. The molecule has 0 aliphatic heterocycles. The Morgan fingerprint density at radius 3 is 1.27 bits per heavy atom. The summed E-state index contributed by atoms with van der Waals surface area (Å²) >= 11 is 0. The van der Waals surface area contributed by atoms with Gasteiger partial charge in [0.2, 0.25) is 0 Å². The van der Waals surface area contributed by atoms with Gasteiger partial charge in [-0.2, -0.15) is 0 Å². The third-order valence-electron chi connectivity index (χ3n) is 6.57. The fourth-order valence-corrected chi connectivity index (χ4v) is 10.0. The molecule has 170 valence electrons. The summed E-state index contributed by atoms with van der Waals surface area (Å²) in [4.78, 5) is 0. The first-order valence-corrected chi connectivity index (χ1v) is 14.1. The van der Waals surface area contributed by atoms with Crippen molar-refractivity contribution < 1.29 is 0 Å². The molecule has 0 spiro atoms. The predicted molar refractivity (Wildman–Crippen MR) is 151 cm³/mol. The molecule has 0 N–H and O–H groups in total. The molecule has 0 aromatic heterocycles. The van der Waals surface area contributed by atoms with Crippen molar-refractivity contribution in [1.29, 1.82) is 0 Å². The lowest BCUT2D eigenvalue weighted by Gasteiger charge is -2.39. The standard InChI is InChI=1S/C32H37P/c1-25(2)33(26(3)4,27(5)6)24-31(28-16-10-7-11-17-28)22-23-32(29-18-12-8-13-19-29)30-20-14-9-15-21-30/h7-21,24-27H,1-6H3. The second-order valence-electron chi connectivity index (χ2n) is 9.44. The molecule has 3 rings (SSSR count). The smallest absolute Gasteiger partial charge is 0.0393 e. The Labute approximate surface area is 201 Å². The fraction of sp³-hybridized carbons (Fsp3) is 0.281. The first kappa shape index (κ1) is 24.9. The zero-order valence-electron chi connectivity index (χ0n) is 20.9. The van der Waals surface area contributed by atoms with Crippen LogP contribution in [0, 0.1) is 0 Å². The highest BCUT2D eigenvalue weighted by Crippen LogP contribution is 2.60. The third-order valence-corrected chi connectivity index (χ3v) is 12.6. The highest BCUT2D eigenvalue weighted by atomic mass is 31.2. The molecule has 1 heteroatoms. The second-order valence-corrected chi connectivity index (χ2v) is 14.6. The maximum atomic E-state index is 3.65. The molecular weight excluding hydrogens is 415 g/mol. The average molecular weight is 453 g/mol. The van der Waals surface area contributed by atoms with E-state index in [0.29, 0.717) is 17.0 Å². The lowest BCUT2D eigenvalue weighted by atomic mass is 9.99. The molecule has 0 aliphatic carbocycles. The zero-order chi connectivity index (χ0) is 23.8. The zero-order valence-corrected chi connectivity index (χ0v) is 21.8. The molecule has 0 nitrogen and oxygen atoms in total. The lowest BCUT2D eigenvalue weighted by Crippen LogP contribution is -2.19. The Morgan fingerprint density at radius 2 is 0.909 bits per heavy atom. The molecule has 0 saturated carbocycles. The number of hydrogen-bond donors (Lipinski definition) is 0. The Hall–Kier alpha value is -2.74. The summed E-state index contributed by atoms with van der Waals surface area (Å²) in [6.45, 7) is 13.0. The molecule has 3 aromatic rings. The van der Waals surface area contributed by atoms with Crippen LogP contribution in [0.3, 0.4) is 0 Å². The Morgan fingerprint density at radius 1 is 0.545 bits per heavy atom. The van der Waals surface area contributed by atoms with Gasteiger partial charge in [-0.15, -0.1) is 0 Å². The number of rotatable bonds is 7. The molecule has 0 atom stereocenters. The predicted octanol–water partition coefficient (Wildman–Crippen LogP) is 9.00. The average Bonchev–Trinajstić information content (AvgIpc) is 2.82. The SMILES string of the molecule is CC(C)P(=CC(=C=C=C(c1ccccc1)c1ccccc1)c1ccccc1)(C(C)C)C(C)C. The number of hydrogen-bond acceptors (Lipinski definition) is 0. The van der Waals surface area contributed by atoms with Gasteiger partial charge in [0, 0.05) is 11.1 Å². The van der Waals surface area contributed by atoms with Gasteiger partial charge in [0.1, 0.15) is 0 Å². The Kier molecular flexibility index (Phi) is 8.61. The van der Waals surface area contributed by atoms with Gasteiger partial charge in [-0.3, -0.25) is 0 Å². The fourth-order valence-electron chi connectivity index (χ4n) is 4.91. The molecule has 0 aliphatic rings. The maximum absolute atomic E-state index is 3.65. The van der Waals surface area contributed by atoms with Crippen molar-refractivity contribution in [2.45, 2.75) is 58.5 Å². The Bertz CT molecular complexity index is 1110. The van der Waals surface area contributed by atoms with Crippen LogP contribution in [0.25, 0.3) is 11.1 Å². The summed E-state index contributed by atoms with van der Waals surface area (Å²) < 4.78 is 0. The van der Waals surface area contributed by atoms with Crippen LogP contribution in [0.2, 0.25) is 0 Å². The van der Waals surface area contributed by atoms with E-state index in [1.807, 2.05) is 0 Å². The molecule has 0 heterocycles. The highest BCUT2D eigenvalue weighted by Gasteiger charge is 2.29. The van der Waals surface area contributed by atoms with Crippen LogP contribution >= 0.6 is 6.89 Å². The van der Waals surface area contributed by atoms with E-state index in [2.05, 4.69) is 150 Å². The van der Waals surface area contributed by atoms with Crippen molar-refractivity contribution in [2.75, 3.05) is 0 Å². The van der Waals surface area contributed by atoms with E-state index in [-0.39, 0.29) is 0 Å². The minimum Gasteiger partial charge on any atom is -0.0963 e. The van der Waals surface area contributed by atoms with E-state index in [0.717, 1.165) is 22.3 Å². The Balaban J connectivity index is 2.43. The minimum atomic E-state index is -1.41. The molecule has 3 aromatic carbocycles. The molecule has 0 unspecified atom stereocenters. The van der Waals surface area contributed by atoms with Crippen LogP contribution < -0.4 is 0 Å². The van der Waals surface area contributed by atoms with E-state index < -0.39 is 6.89 Å². The van der Waals surface area contributed by atoms with Gasteiger partial charge >= 0.3 is 0 Å². The second kappa shape index (κ2) is 11.4. The van der Waals surface area contributed by atoms with Crippen molar-refractivity contribution in [3.63, 3.8) is 0 Å². The maximum Gasteiger partial charge on any atom is 0.0393 e. The highest BCUT2D eigenvalue weighted by molar-refractivity contribution is 7.77. The molecule has 0 amide bonds. The lowest BCUT2D eigenvalue weighted by molar-refractivity contribution is 0.940. The van der Waals surface area contributed by atoms with E-state index in [9.17, 15) is 0 Å². The van der Waals surface area contributed by atoms with Gasteiger partial charge in [0.15, 0.2) is 0 Å². The number of benzene rings is 3. The molecule has 0 saturated heterocycles. The minimum absolute atomic E-state index is 0.615. The van der Waals surface area contributed by atoms with Gasteiger partial charge in [0.05, 0.1) is 0 Å². The molecule has 0 fully saturated rings. The molecule has 0 bridgehead atoms. The summed E-state index contributed by atoms with van der Waals surface area (Å²) in [6, 6.07) is 31.7. The van der Waals surface area contributed by atoms with Crippen molar-refractivity contribution in [2.24, 2.45) is 0 Å². The van der Waals surface area contributed by atoms with E-state index >= 15 is 0 Å². The molecule has 0 radical (unpaired) electrons.